The number of methoxy groups -OCH3 is 1. The molecule has 178 valence electrons. The fourth-order valence-electron chi connectivity index (χ4n) is 3.52. The van der Waals surface area contributed by atoms with Crippen LogP contribution in [0.25, 0.3) is 6.08 Å². The highest BCUT2D eigenvalue weighted by atomic mass is 32.2. The van der Waals surface area contributed by atoms with Gasteiger partial charge in [-0.15, -0.1) is 0 Å². The van der Waals surface area contributed by atoms with Crippen molar-refractivity contribution in [3.05, 3.63) is 94.4 Å². The molecule has 0 aromatic heterocycles. The molecule has 4 rings (SSSR count). The number of amides is 3. The van der Waals surface area contributed by atoms with Crippen LogP contribution < -0.4 is 14.8 Å². The number of hydrogen-bond acceptors (Lipinski definition) is 6. The average Bonchev–Trinajstić information content (AvgIpc) is 3.11. The zero-order chi connectivity index (χ0) is 24.8. The molecule has 8 heteroatoms. The number of para-hydroxylation sites is 2. The first kappa shape index (κ1) is 24.1. The van der Waals surface area contributed by atoms with Gasteiger partial charge in [-0.3, -0.25) is 19.3 Å². The Kier molecular flexibility index (Phi) is 7.52. The summed E-state index contributed by atoms with van der Waals surface area (Å²) in [5.41, 5.74) is 3.29. The highest BCUT2D eigenvalue weighted by Gasteiger charge is 2.34. The van der Waals surface area contributed by atoms with E-state index in [0.717, 1.165) is 28.5 Å². The number of hydrogen-bond donors (Lipinski definition) is 1. The molecule has 1 aliphatic heterocycles. The van der Waals surface area contributed by atoms with Crippen LogP contribution in [-0.2, 0) is 16.1 Å². The van der Waals surface area contributed by atoms with Crippen LogP contribution in [0.1, 0.15) is 16.7 Å². The van der Waals surface area contributed by atoms with E-state index in [1.165, 1.54) is 12.0 Å². The number of nitrogens with zero attached hydrogens (tertiary/aromatic N) is 1. The largest absolute Gasteiger partial charge is 0.495 e. The molecule has 1 fully saturated rings. The number of ether oxygens (including phenoxy) is 2. The molecule has 0 saturated carbocycles. The maximum Gasteiger partial charge on any atom is 0.293 e. The monoisotopic (exact) mass is 488 g/mol. The number of carbonyl (C=O) groups is 3. The molecule has 35 heavy (non-hydrogen) atoms. The van der Waals surface area contributed by atoms with Gasteiger partial charge in [0.2, 0.25) is 0 Å². The van der Waals surface area contributed by atoms with Gasteiger partial charge in [0.1, 0.15) is 11.5 Å². The summed E-state index contributed by atoms with van der Waals surface area (Å²) in [7, 11) is 1.54. The summed E-state index contributed by atoms with van der Waals surface area (Å²) < 4.78 is 10.8. The lowest BCUT2D eigenvalue weighted by Crippen LogP contribution is -2.27. The minimum absolute atomic E-state index is 0.171. The van der Waals surface area contributed by atoms with Gasteiger partial charge in [0, 0.05) is 0 Å². The van der Waals surface area contributed by atoms with Crippen LogP contribution in [0.5, 0.6) is 11.5 Å². The van der Waals surface area contributed by atoms with E-state index in [1.807, 2.05) is 37.3 Å². The second kappa shape index (κ2) is 10.9. The van der Waals surface area contributed by atoms with Crippen LogP contribution >= 0.6 is 11.8 Å². The number of rotatable bonds is 8. The summed E-state index contributed by atoms with van der Waals surface area (Å²) in [6.45, 7) is 2.04. The Bertz CT molecular complexity index is 1290. The average molecular weight is 489 g/mol. The summed E-state index contributed by atoms with van der Waals surface area (Å²) in [5.74, 6) is 0.439. The predicted octanol–water partition coefficient (Wildman–Crippen LogP) is 5.26. The SMILES string of the molecule is COc1ccccc1NC(=O)COc1ccc(/C=C2\SC(=O)N(Cc3cccc(C)c3)C2=O)cc1. The van der Waals surface area contributed by atoms with Gasteiger partial charge in [0.25, 0.3) is 17.1 Å². The van der Waals surface area contributed by atoms with Crippen molar-refractivity contribution >= 4 is 40.6 Å². The van der Waals surface area contributed by atoms with E-state index in [4.69, 9.17) is 9.47 Å². The molecule has 3 aromatic rings. The van der Waals surface area contributed by atoms with Crippen molar-refractivity contribution in [2.75, 3.05) is 19.0 Å². The van der Waals surface area contributed by atoms with Crippen LogP contribution in [-0.4, -0.2) is 35.7 Å². The predicted molar refractivity (Wildman–Crippen MR) is 136 cm³/mol. The summed E-state index contributed by atoms with van der Waals surface area (Å²) in [6, 6.07) is 21.8. The normalized spacial score (nSPS) is 14.3. The first-order valence-electron chi connectivity index (χ1n) is 10.9. The van der Waals surface area contributed by atoms with Crippen LogP contribution in [0.15, 0.2) is 77.7 Å². The lowest BCUT2D eigenvalue weighted by molar-refractivity contribution is -0.123. The molecule has 7 nitrogen and oxygen atoms in total. The number of imide groups is 1. The van der Waals surface area contributed by atoms with Gasteiger partial charge in [0.05, 0.1) is 24.2 Å². The van der Waals surface area contributed by atoms with Crippen molar-refractivity contribution in [1.29, 1.82) is 0 Å². The number of thioether (sulfide) groups is 1. The van der Waals surface area contributed by atoms with E-state index >= 15 is 0 Å². The van der Waals surface area contributed by atoms with Crippen LogP contribution in [0.2, 0.25) is 0 Å². The summed E-state index contributed by atoms with van der Waals surface area (Å²) in [6.07, 6.45) is 1.68. The van der Waals surface area contributed by atoms with Crippen LogP contribution in [0, 0.1) is 6.92 Å². The van der Waals surface area contributed by atoms with Crippen molar-refractivity contribution in [3.8, 4) is 11.5 Å². The zero-order valence-electron chi connectivity index (χ0n) is 19.3. The topological polar surface area (TPSA) is 84.9 Å². The number of aryl methyl sites for hydroxylation is 1. The first-order chi connectivity index (χ1) is 16.9. The van der Waals surface area contributed by atoms with Crippen molar-refractivity contribution in [2.24, 2.45) is 0 Å². The molecule has 3 aromatic carbocycles. The van der Waals surface area contributed by atoms with E-state index in [9.17, 15) is 14.4 Å². The fraction of sp³-hybridized carbons (Fsp3) is 0.148. The molecular formula is C27H24N2O5S. The third kappa shape index (κ3) is 6.10. The summed E-state index contributed by atoms with van der Waals surface area (Å²) >= 11 is 0.926. The molecule has 1 aliphatic rings. The Morgan fingerprint density at radius 2 is 1.80 bits per heavy atom. The maximum absolute atomic E-state index is 12.8. The lowest BCUT2D eigenvalue weighted by Gasteiger charge is -2.12. The minimum atomic E-state index is -0.319. The van der Waals surface area contributed by atoms with Crippen LogP contribution in [0.4, 0.5) is 10.5 Å². The Hall–Kier alpha value is -4.04. The van der Waals surface area contributed by atoms with E-state index in [-0.39, 0.29) is 30.2 Å². The van der Waals surface area contributed by atoms with Gasteiger partial charge in [0.15, 0.2) is 6.61 Å². The standard InChI is InChI=1S/C27H24N2O5S/c1-18-6-5-7-20(14-18)16-29-26(31)24(35-27(29)32)15-19-10-12-21(13-11-19)34-17-25(30)28-22-8-3-4-9-23(22)33-2/h3-15H,16-17H2,1-2H3,(H,28,30)/b24-15-. The molecule has 1 saturated heterocycles. The smallest absolute Gasteiger partial charge is 0.293 e. The molecule has 1 heterocycles. The highest BCUT2D eigenvalue weighted by Crippen LogP contribution is 2.33. The molecule has 0 spiro atoms. The molecule has 0 aliphatic carbocycles. The Morgan fingerprint density at radius 3 is 2.54 bits per heavy atom. The van der Waals surface area contributed by atoms with E-state index in [0.29, 0.717) is 22.1 Å². The molecule has 0 radical (unpaired) electrons. The third-order valence-corrected chi connectivity index (χ3v) is 6.13. The highest BCUT2D eigenvalue weighted by molar-refractivity contribution is 8.18. The van der Waals surface area contributed by atoms with E-state index < -0.39 is 0 Å². The van der Waals surface area contributed by atoms with Gasteiger partial charge in [-0.25, -0.2) is 0 Å². The molecular weight excluding hydrogens is 464 g/mol. The molecule has 0 unspecified atom stereocenters. The van der Waals surface area contributed by atoms with E-state index in [2.05, 4.69) is 5.32 Å². The van der Waals surface area contributed by atoms with Gasteiger partial charge >= 0.3 is 0 Å². The number of benzene rings is 3. The maximum atomic E-state index is 12.8. The quantitative estimate of drug-likeness (QED) is 0.436. The lowest BCUT2D eigenvalue weighted by atomic mass is 10.1. The molecule has 0 bridgehead atoms. The Morgan fingerprint density at radius 1 is 1.03 bits per heavy atom. The summed E-state index contributed by atoms with van der Waals surface area (Å²) in [4.78, 5) is 39.0. The van der Waals surface area contributed by atoms with Gasteiger partial charge < -0.3 is 14.8 Å². The second-order valence-corrected chi connectivity index (χ2v) is 8.86. The van der Waals surface area contributed by atoms with E-state index in [1.54, 1.807) is 48.5 Å². The molecule has 0 atom stereocenters. The Balaban J connectivity index is 1.34. The zero-order valence-corrected chi connectivity index (χ0v) is 20.1. The second-order valence-electron chi connectivity index (χ2n) is 7.86. The fourth-order valence-corrected chi connectivity index (χ4v) is 4.36. The molecule has 1 N–H and O–H groups in total. The third-order valence-electron chi connectivity index (χ3n) is 5.23. The first-order valence-corrected chi connectivity index (χ1v) is 11.7. The summed E-state index contributed by atoms with van der Waals surface area (Å²) in [5, 5.41) is 2.46. The van der Waals surface area contributed by atoms with Crippen molar-refractivity contribution in [1.82, 2.24) is 4.90 Å². The van der Waals surface area contributed by atoms with Gasteiger partial charge in [-0.05, 0) is 60.2 Å². The van der Waals surface area contributed by atoms with Crippen LogP contribution in [0.3, 0.4) is 0 Å². The van der Waals surface area contributed by atoms with Crippen molar-refractivity contribution in [3.63, 3.8) is 0 Å². The van der Waals surface area contributed by atoms with Gasteiger partial charge in [-0.2, -0.15) is 0 Å². The van der Waals surface area contributed by atoms with Crippen molar-refractivity contribution in [2.45, 2.75) is 13.5 Å². The van der Waals surface area contributed by atoms with Gasteiger partial charge in [-0.1, -0.05) is 54.1 Å². The molecule has 3 amide bonds. The number of anilines is 1. The Labute approximate surface area is 207 Å². The van der Waals surface area contributed by atoms with Crippen molar-refractivity contribution < 1.29 is 23.9 Å². The minimum Gasteiger partial charge on any atom is -0.495 e. The number of carbonyl (C=O) groups excluding carboxylic acids is 3. The number of nitrogens with one attached hydrogen (secondary N) is 1.